The van der Waals surface area contributed by atoms with Crippen LogP contribution in [0.3, 0.4) is 0 Å². The normalized spacial score (nSPS) is 14.3. The molecule has 1 aliphatic heterocycles. The smallest absolute Gasteiger partial charge is 0.164 e. The Balaban J connectivity index is 2.45. The van der Waals surface area contributed by atoms with Gasteiger partial charge in [-0.3, -0.25) is 4.79 Å². The molecular weight excluding hydrogens is 242 g/mol. The van der Waals surface area contributed by atoms with Gasteiger partial charge in [0.05, 0.1) is 13.2 Å². The van der Waals surface area contributed by atoms with E-state index in [0.717, 1.165) is 17.7 Å². The topological polar surface area (TPSA) is 61.6 Å². The average molecular weight is 263 g/mol. The van der Waals surface area contributed by atoms with E-state index in [1.54, 1.807) is 0 Å². The van der Waals surface area contributed by atoms with E-state index in [0.29, 0.717) is 37.5 Å². The molecule has 2 N–H and O–H groups in total. The number of benzene rings is 1. The largest absolute Gasteiger partial charge is 0.490 e. The van der Waals surface area contributed by atoms with Gasteiger partial charge in [0.15, 0.2) is 17.3 Å². The van der Waals surface area contributed by atoms with Gasteiger partial charge in [-0.05, 0) is 30.2 Å². The van der Waals surface area contributed by atoms with E-state index in [1.807, 2.05) is 12.1 Å². The summed E-state index contributed by atoms with van der Waals surface area (Å²) < 4.78 is 11.3. The minimum absolute atomic E-state index is 0.0712. The highest BCUT2D eigenvalue weighted by atomic mass is 16.5. The van der Waals surface area contributed by atoms with Gasteiger partial charge in [0.2, 0.25) is 0 Å². The summed E-state index contributed by atoms with van der Waals surface area (Å²) in [5.41, 5.74) is 7.19. The van der Waals surface area contributed by atoms with Gasteiger partial charge in [0.25, 0.3) is 0 Å². The Labute approximate surface area is 113 Å². The summed E-state index contributed by atoms with van der Waals surface area (Å²) >= 11 is 0. The molecule has 1 aromatic rings. The van der Waals surface area contributed by atoms with Gasteiger partial charge < -0.3 is 15.2 Å². The van der Waals surface area contributed by atoms with E-state index in [-0.39, 0.29) is 11.7 Å². The van der Waals surface area contributed by atoms with Crippen LogP contribution in [-0.4, -0.2) is 25.5 Å². The van der Waals surface area contributed by atoms with Crippen LogP contribution in [0.2, 0.25) is 0 Å². The quantitative estimate of drug-likeness (QED) is 0.848. The lowest BCUT2D eigenvalue weighted by atomic mass is 9.93. The highest BCUT2D eigenvalue weighted by Gasteiger charge is 2.20. The number of carbonyl (C=O) groups excluding carboxylic acids is 1. The Morgan fingerprint density at radius 1 is 1.26 bits per heavy atom. The molecular formula is C15H21NO3. The van der Waals surface area contributed by atoms with Crippen LogP contribution < -0.4 is 15.2 Å². The first-order valence-electron chi connectivity index (χ1n) is 6.80. The second-order valence-corrected chi connectivity index (χ2v) is 5.05. The number of rotatable bonds is 4. The van der Waals surface area contributed by atoms with Gasteiger partial charge in [-0.2, -0.15) is 0 Å². The van der Waals surface area contributed by atoms with Crippen molar-refractivity contribution in [3.05, 3.63) is 23.3 Å². The summed E-state index contributed by atoms with van der Waals surface area (Å²) in [4.78, 5) is 12.2. The molecule has 0 fully saturated rings. The second kappa shape index (κ2) is 6.06. The molecule has 19 heavy (non-hydrogen) atoms. The number of nitrogens with two attached hydrogens (primary N) is 1. The lowest BCUT2D eigenvalue weighted by molar-refractivity contribution is 0.0983. The maximum atomic E-state index is 12.2. The third-order valence-electron chi connectivity index (χ3n) is 3.21. The zero-order valence-corrected chi connectivity index (χ0v) is 11.6. The first-order valence-corrected chi connectivity index (χ1v) is 6.80. The summed E-state index contributed by atoms with van der Waals surface area (Å²) in [6.07, 6.45) is 1.22. The van der Waals surface area contributed by atoms with E-state index in [9.17, 15) is 4.79 Å². The fourth-order valence-corrected chi connectivity index (χ4v) is 2.21. The van der Waals surface area contributed by atoms with Crippen LogP contribution in [0.1, 0.15) is 48.5 Å². The Kier molecular flexibility index (Phi) is 4.43. The monoisotopic (exact) mass is 263 g/mol. The van der Waals surface area contributed by atoms with Gasteiger partial charge >= 0.3 is 0 Å². The number of carbonyl (C=O) groups is 1. The van der Waals surface area contributed by atoms with Gasteiger partial charge in [0, 0.05) is 18.4 Å². The molecule has 1 aromatic carbocycles. The number of hydrogen-bond donors (Lipinski definition) is 1. The highest BCUT2D eigenvalue weighted by Crippen LogP contribution is 2.36. The molecule has 1 heterocycles. The Morgan fingerprint density at radius 2 is 1.89 bits per heavy atom. The minimum Gasteiger partial charge on any atom is -0.490 e. The molecule has 0 amide bonds. The van der Waals surface area contributed by atoms with Crippen molar-refractivity contribution < 1.29 is 14.3 Å². The molecule has 0 saturated heterocycles. The number of hydrogen-bond acceptors (Lipinski definition) is 4. The summed E-state index contributed by atoms with van der Waals surface area (Å²) in [5.74, 6) is 1.74. The van der Waals surface area contributed by atoms with Gasteiger partial charge in [-0.25, -0.2) is 0 Å². The molecule has 0 aromatic heterocycles. The van der Waals surface area contributed by atoms with Crippen molar-refractivity contribution in [3.8, 4) is 11.5 Å². The van der Waals surface area contributed by atoms with Crippen molar-refractivity contribution in [3.63, 3.8) is 0 Å². The predicted molar refractivity (Wildman–Crippen MR) is 74.1 cm³/mol. The number of Topliss-reactive ketones (excluding diaryl/α,β-unsaturated/α-hetero) is 1. The Bertz CT molecular complexity index is 469. The van der Waals surface area contributed by atoms with Crippen LogP contribution >= 0.6 is 0 Å². The van der Waals surface area contributed by atoms with Crippen molar-refractivity contribution >= 4 is 5.78 Å². The molecule has 0 radical (unpaired) electrons. The molecule has 1 aliphatic rings. The number of ketones is 1. The molecule has 0 unspecified atom stereocenters. The van der Waals surface area contributed by atoms with Gasteiger partial charge in [-0.1, -0.05) is 13.8 Å². The van der Waals surface area contributed by atoms with Crippen molar-refractivity contribution in [2.75, 3.05) is 19.8 Å². The molecule has 0 atom stereocenters. The van der Waals surface area contributed by atoms with Crippen LogP contribution in [0.25, 0.3) is 0 Å². The summed E-state index contributed by atoms with van der Waals surface area (Å²) in [5, 5.41) is 0. The van der Waals surface area contributed by atoms with Gasteiger partial charge in [0.1, 0.15) is 0 Å². The maximum Gasteiger partial charge on any atom is 0.164 e. The Morgan fingerprint density at radius 3 is 2.47 bits per heavy atom. The highest BCUT2D eigenvalue weighted by molar-refractivity contribution is 5.98. The SMILES string of the molecule is CC(C)c1cc2c(cc1C(=O)CCN)OCCCO2. The molecule has 0 saturated carbocycles. The first-order chi connectivity index (χ1) is 9.13. The number of fused-ring (bicyclic) bond motifs is 1. The van der Waals surface area contributed by atoms with E-state index >= 15 is 0 Å². The summed E-state index contributed by atoms with van der Waals surface area (Å²) in [7, 11) is 0. The number of ether oxygens (including phenoxy) is 2. The maximum absolute atomic E-state index is 12.2. The van der Waals surface area contributed by atoms with Crippen molar-refractivity contribution in [1.29, 1.82) is 0 Å². The van der Waals surface area contributed by atoms with E-state index in [2.05, 4.69) is 13.8 Å². The van der Waals surface area contributed by atoms with Crippen LogP contribution in [0.4, 0.5) is 0 Å². The lowest BCUT2D eigenvalue weighted by Gasteiger charge is -2.16. The summed E-state index contributed by atoms with van der Waals surface area (Å²) in [6.45, 7) is 5.78. The van der Waals surface area contributed by atoms with Crippen LogP contribution in [-0.2, 0) is 0 Å². The van der Waals surface area contributed by atoms with E-state index < -0.39 is 0 Å². The molecule has 4 heteroatoms. The van der Waals surface area contributed by atoms with Crippen LogP contribution in [0.5, 0.6) is 11.5 Å². The molecule has 0 bridgehead atoms. The third-order valence-corrected chi connectivity index (χ3v) is 3.21. The Hall–Kier alpha value is -1.55. The molecule has 4 nitrogen and oxygen atoms in total. The van der Waals surface area contributed by atoms with Crippen LogP contribution in [0.15, 0.2) is 12.1 Å². The van der Waals surface area contributed by atoms with E-state index in [4.69, 9.17) is 15.2 Å². The van der Waals surface area contributed by atoms with E-state index in [1.165, 1.54) is 0 Å². The standard InChI is InChI=1S/C15H21NO3/c1-10(2)11-8-14-15(19-7-3-6-18-14)9-12(11)13(17)4-5-16/h8-10H,3-7,16H2,1-2H3. The molecule has 2 rings (SSSR count). The molecule has 0 aliphatic carbocycles. The van der Waals surface area contributed by atoms with Crippen molar-refractivity contribution in [2.24, 2.45) is 5.73 Å². The van der Waals surface area contributed by atoms with Crippen molar-refractivity contribution in [1.82, 2.24) is 0 Å². The predicted octanol–water partition coefficient (Wildman–Crippen LogP) is 2.50. The molecule has 104 valence electrons. The first kappa shape index (κ1) is 13.9. The fraction of sp³-hybridized carbons (Fsp3) is 0.533. The zero-order valence-electron chi connectivity index (χ0n) is 11.6. The third kappa shape index (κ3) is 3.07. The summed E-state index contributed by atoms with van der Waals surface area (Å²) in [6, 6.07) is 3.75. The average Bonchev–Trinajstić information content (AvgIpc) is 2.61. The lowest BCUT2D eigenvalue weighted by Crippen LogP contribution is -2.11. The van der Waals surface area contributed by atoms with Crippen molar-refractivity contribution in [2.45, 2.75) is 32.6 Å². The zero-order chi connectivity index (χ0) is 13.8. The van der Waals surface area contributed by atoms with Crippen LogP contribution in [0, 0.1) is 0 Å². The second-order valence-electron chi connectivity index (χ2n) is 5.05. The minimum atomic E-state index is 0.0712. The van der Waals surface area contributed by atoms with Gasteiger partial charge in [-0.15, -0.1) is 0 Å². The fourth-order valence-electron chi connectivity index (χ4n) is 2.21. The molecule has 0 spiro atoms.